The molecule has 1 fully saturated rings. The van der Waals surface area contributed by atoms with Crippen LogP contribution in [0.2, 0.25) is 0 Å². The number of pyridine rings is 1. The predicted octanol–water partition coefficient (Wildman–Crippen LogP) is 5.32. The standard InChI is InChI=1S/C29H30N2O4/c1-18-8-11-21(29(2,3)4)15-23(18)26(32)24-25(20-9-12-22(35-5)13-10-20)31(28(34)27(24)33)17-19-7-6-14-30-16-19/h6-16,25,32H,17H2,1-5H3/b26-24+. The van der Waals surface area contributed by atoms with Gasteiger partial charge in [-0.3, -0.25) is 14.6 Å². The van der Waals surface area contributed by atoms with Gasteiger partial charge in [0.15, 0.2) is 0 Å². The van der Waals surface area contributed by atoms with Gasteiger partial charge < -0.3 is 14.7 Å². The second-order valence-electron chi connectivity index (χ2n) is 9.84. The quantitative estimate of drug-likeness (QED) is 0.310. The van der Waals surface area contributed by atoms with Crippen molar-refractivity contribution in [2.75, 3.05) is 7.11 Å². The number of amides is 1. The first-order valence-corrected chi connectivity index (χ1v) is 11.5. The maximum absolute atomic E-state index is 13.4. The molecule has 0 bridgehead atoms. The van der Waals surface area contributed by atoms with Crippen molar-refractivity contribution in [2.24, 2.45) is 0 Å². The monoisotopic (exact) mass is 470 g/mol. The second kappa shape index (κ2) is 9.37. The van der Waals surface area contributed by atoms with E-state index in [0.29, 0.717) is 16.9 Å². The van der Waals surface area contributed by atoms with Crippen LogP contribution >= 0.6 is 0 Å². The van der Waals surface area contributed by atoms with Crippen LogP contribution in [0.15, 0.2) is 72.6 Å². The van der Waals surface area contributed by atoms with E-state index in [9.17, 15) is 14.7 Å². The van der Waals surface area contributed by atoms with Gasteiger partial charge in [-0.1, -0.05) is 51.1 Å². The number of aliphatic hydroxyl groups is 1. The Morgan fingerprint density at radius 1 is 1.09 bits per heavy atom. The third-order valence-electron chi connectivity index (χ3n) is 6.41. The number of aryl methyl sites for hydroxylation is 1. The summed E-state index contributed by atoms with van der Waals surface area (Å²) in [5.41, 5.74) is 3.83. The molecule has 2 heterocycles. The Hall–Kier alpha value is -3.93. The van der Waals surface area contributed by atoms with Crippen LogP contribution in [0.5, 0.6) is 5.75 Å². The van der Waals surface area contributed by atoms with Gasteiger partial charge in [0.05, 0.1) is 18.7 Å². The Labute approximate surface area is 205 Å². The van der Waals surface area contributed by atoms with Crippen LogP contribution in [0.4, 0.5) is 0 Å². The van der Waals surface area contributed by atoms with Gasteiger partial charge >= 0.3 is 0 Å². The molecule has 0 spiro atoms. The van der Waals surface area contributed by atoms with E-state index < -0.39 is 17.7 Å². The molecule has 35 heavy (non-hydrogen) atoms. The molecule has 0 saturated carbocycles. The van der Waals surface area contributed by atoms with E-state index in [2.05, 4.69) is 25.8 Å². The fraction of sp³-hybridized carbons (Fsp3) is 0.276. The molecule has 2 aromatic carbocycles. The number of Topliss-reactive ketones (excluding diaryl/α,β-unsaturated/α-hetero) is 1. The van der Waals surface area contributed by atoms with Gasteiger partial charge in [0.2, 0.25) is 0 Å². The zero-order chi connectivity index (χ0) is 25.3. The van der Waals surface area contributed by atoms with E-state index in [0.717, 1.165) is 16.7 Å². The first-order valence-electron chi connectivity index (χ1n) is 11.5. The number of carbonyl (C=O) groups excluding carboxylic acids is 2. The largest absolute Gasteiger partial charge is 0.507 e. The lowest BCUT2D eigenvalue weighted by atomic mass is 9.84. The average Bonchev–Trinajstić information content (AvgIpc) is 3.09. The summed E-state index contributed by atoms with van der Waals surface area (Å²) in [4.78, 5) is 32.3. The Morgan fingerprint density at radius 3 is 2.40 bits per heavy atom. The molecule has 1 amide bonds. The molecular weight excluding hydrogens is 440 g/mol. The van der Waals surface area contributed by atoms with Crippen LogP contribution in [0.3, 0.4) is 0 Å². The summed E-state index contributed by atoms with van der Waals surface area (Å²) in [5, 5.41) is 11.5. The number of ketones is 1. The SMILES string of the molecule is COc1ccc(C2/C(=C(\O)c3cc(C(C)(C)C)ccc3C)C(=O)C(=O)N2Cc2cccnc2)cc1. The summed E-state index contributed by atoms with van der Waals surface area (Å²) in [7, 11) is 1.58. The van der Waals surface area contributed by atoms with E-state index in [1.54, 1.807) is 37.7 Å². The number of carbonyl (C=O) groups is 2. The molecular formula is C29H30N2O4. The van der Waals surface area contributed by atoms with Gasteiger partial charge in [0, 0.05) is 24.5 Å². The predicted molar refractivity (Wildman–Crippen MR) is 135 cm³/mol. The fourth-order valence-electron chi connectivity index (χ4n) is 4.35. The van der Waals surface area contributed by atoms with Crippen molar-refractivity contribution in [2.45, 2.75) is 45.7 Å². The number of hydrogen-bond donors (Lipinski definition) is 1. The van der Waals surface area contributed by atoms with Gasteiger partial charge in [0.1, 0.15) is 11.5 Å². The normalized spacial score (nSPS) is 17.6. The number of nitrogens with zero attached hydrogens (tertiary/aromatic N) is 2. The zero-order valence-electron chi connectivity index (χ0n) is 20.7. The van der Waals surface area contributed by atoms with Crippen molar-refractivity contribution in [3.05, 3.63) is 100 Å². The highest BCUT2D eigenvalue weighted by molar-refractivity contribution is 6.46. The topological polar surface area (TPSA) is 79.7 Å². The number of aliphatic hydroxyl groups excluding tert-OH is 1. The summed E-state index contributed by atoms with van der Waals surface area (Å²) >= 11 is 0. The minimum Gasteiger partial charge on any atom is -0.507 e. The number of rotatable bonds is 5. The van der Waals surface area contributed by atoms with E-state index in [1.165, 1.54) is 4.90 Å². The van der Waals surface area contributed by atoms with Crippen LogP contribution in [0, 0.1) is 6.92 Å². The molecule has 1 aliphatic heterocycles. The van der Waals surface area contributed by atoms with Gasteiger partial charge in [-0.15, -0.1) is 0 Å². The van der Waals surface area contributed by atoms with E-state index in [4.69, 9.17) is 4.74 Å². The van der Waals surface area contributed by atoms with Crippen molar-refractivity contribution < 1.29 is 19.4 Å². The average molecular weight is 471 g/mol. The molecule has 6 nitrogen and oxygen atoms in total. The van der Waals surface area contributed by atoms with Gasteiger partial charge in [-0.05, 0) is 58.9 Å². The number of hydrogen-bond acceptors (Lipinski definition) is 5. The van der Waals surface area contributed by atoms with Crippen molar-refractivity contribution in [1.29, 1.82) is 0 Å². The number of likely N-dealkylation sites (tertiary alicyclic amines) is 1. The van der Waals surface area contributed by atoms with Crippen molar-refractivity contribution in [3.8, 4) is 5.75 Å². The molecule has 1 atom stereocenters. The number of benzene rings is 2. The molecule has 1 aliphatic rings. The Morgan fingerprint density at radius 2 is 1.80 bits per heavy atom. The van der Waals surface area contributed by atoms with Crippen molar-refractivity contribution >= 4 is 17.4 Å². The highest BCUT2D eigenvalue weighted by Crippen LogP contribution is 2.41. The molecule has 6 heteroatoms. The molecule has 4 rings (SSSR count). The lowest BCUT2D eigenvalue weighted by Crippen LogP contribution is -2.29. The molecule has 1 aromatic heterocycles. The Kier molecular flexibility index (Phi) is 6.48. The Bertz CT molecular complexity index is 1290. The first kappa shape index (κ1) is 24.2. The maximum atomic E-state index is 13.4. The van der Waals surface area contributed by atoms with Crippen LogP contribution in [-0.4, -0.2) is 33.8 Å². The summed E-state index contributed by atoms with van der Waals surface area (Å²) in [6.45, 7) is 8.34. The van der Waals surface area contributed by atoms with E-state index >= 15 is 0 Å². The molecule has 0 aliphatic carbocycles. The van der Waals surface area contributed by atoms with Gasteiger partial charge in [0.25, 0.3) is 11.7 Å². The lowest BCUT2D eigenvalue weighted by molar-refractivity contribution is -0.140. The maximum Gasteiger partial charge on any atom is 0.295 e. The molecule has 1 saturated heterocycles. The number of aromatic nitrogens is 1. The zero-order valence-corrected chi connectivity index (χ0v) is 20.7. The third kappa shape index (κ3) is 4.69. The summed E-state index contributed by atoms with van der Waals surface area (Å²) < 4.78 is 5.28. The van der Waals surface area contributed by atoms with E-state index in [-0.39, 0.29) is 23.3 Å². The summed E-state index contributed by atoms with van der Waals surface area (Å²) in [6.07, 6.45) is 3.32. The second-order valence-corrected chi connectivity index (χ2v) is 9.84. The third-order valence-corrected chi connectivity index (χ3v) is 6.41. The molecule has 180 valence electrons. The fourth-order valence-corrected chi connectivity index (χ4v) is 4.35. The molecule has 1 N–H and O–H groups in total. The molecule has 3 aromatic rings. The molecule has 1 unspecified atom stereocenters. The van der Waals surface area contributed by atoms with Gasteiger partial charge in [-0.25, -0.2) is 0 Å². The van der Waals surface area contributed by atoms with Gasteiger partial charge in [-0.2, -0.15) is 0 Å². The smallest absolute Gasteiger partial charge is 0.295 e. The lowest BCUT2D eigenvalue weighted by Gasteiger charge is -2.26. The van der Waals surface area contributed by atoms with E-state index in [1.807, 2.05) is 43.3 Å². The minimum absolute atomic E-state index is 0.0817. The Balaban J connectivity index is 1.90. The first-order chi connectivity index (χ1) is 16.6. The van der Waals surface area contributed by atoms with Crippen LogP contribution in [0.25, 0.3) is 5.76 Å². The van der Waals surface area contributed by atoms with Crippen molar-refractivity contribution in [3.63, 3.8) is 0 Å². The van der Waals surface area contributed by atoms with Crippen LogP contribution in [-0.2, 0) is 21.5 Å². The summed E-state index contributed by atoms with van der Waals surface area (Å²) in [5.74, 6) is -0.859. The van der Waals surface area contributed by atoms with Crippen molar-refractivity contribution in [1.82, 2.24) is 9.88 Å². The minimum atomic E-state index is -0.751. The number of methoxy groups -OCH3 is 1. The highest BCUT2D eigenvalue weighted by Gasteiger charge is 2.46. The van der Waals surface area contributed by atoms with Crippen LogP contribution < -0.4 is 4.74 Å². The van der Waals surface area contributed by atoms with Crippen LogP contribution in [0.1, 0.15) is 54.6 Å². The summed E-state index contributed by atoms with van der Waals surface area (Å²) in [6, 6.07) is 16.0. The highest BCUT2D eigenvalue weighted by atomic mass is 16.5. The molecule has 0 radical (unpaired) electrons. The number of ether oxygens (including phenoxy) is 1.